The number of halogens is 1. The van der Waals surface area contributed by atoms with Crippen molar-refractivity contribution in [2.24, 2.45) is 11.1 Å². The van der Waals surface area contributed by atoms with E-state index in [-0.39, 0.29) is 17.1 Å². The summed E-state index contributed by atoms with van der Waals surface area (Å²) in [6.45, 7) is 2.55. The molecule has 6 rings (SSSR count). The minimum atomic E-state index is -0.937. The molecule has 2 heterocycles. The van der Waals surface area contributed by atoms with E-state index in [1.807, 2.05) is 12.1 Å². The maximum absolute atomic E-state index is 11.5. The van der Waals surface area contributed by atoms with Gasteiger partial charge in [0.1, 0.15) is 11.2 Å². The van der Waals surface area contributed by atoms with Crippen LogP contribution >= 0.6 is 11.6 Å². The first-order valence-electron chi connectivity index (χ1n) is 11.9. The van der Waals surface area contributed by atoms with Crippen molar-refractivity contribution < 1.29 is 19.8 Å². The molecule has 1 spiro atoms. The van der Waals surface area contributed by atoms with E-state index in [0.717, 1.165) is 79.7 Å². The summed E-state index contributed by atoms with van der Waals surface area (Å²) in [4.78, 5) is 19.5. The first-order valence-corrected chi connectivity index (χ1v) is 12.3. The van der Waals surface area contributed by atoms with Crippen LogP contribution in [-0.4, -0.2) is 52.0 Å². The molecule has 0 amide bonds. The molecule has 1 unspecified atom stereocenters. The fraction of sp³-hybridized carbons (Fsp3) is 0.407. The number of fused-ring (bicyclic) bond motifs is 1. The molecule has 4 aliphatic rings. The van der Waals surface area contributed by atoms with Crippen LogP contribution in [0.5, 0.6) is 0 Å². The Morgan fingerprint density at radius 1 is 1.15 bits per heavy atom. The van der Waals surface area contributed by atoms with Crippen LogP contribution in [0.2, 0.25) is 5.02 Å². The number of piperidine rings is 1. The highest BCUT2D eigenvalue weighted by Gasteiger charge is 2.49. The van der Waals surface area contributed by atoms with Crippen molar-refractivity contribution in [1.29, 1.82) is 0 Å². The van der Waals surface area contributed by atoms with Gasteiger partial charge in [0.05, 0.1) is 11.3 Å². The standard InChI is InChI=1S/C27H27ClN2O4/c28-22-3-1-2-21-19(14-27(33,24(21)22)20-8-9-20)16-30-12-10-26(11-13-30)15-23(29-34-26)17-4-6-18(7-5-17)25(31)32/h1-7,14,20,33H,8-13,15-16H2,(H,31,32). The van der Waals surface area contributed by atoms with Crippen molar-refractivity contribution in [1.82, 2.24) is 4.90 Å². The molecule has 34 heavy (non-hydrogen) atoms. The van der Waals surface area contributed by atoms with Crippen molar-refractivity contribution in [3.63, 3.8) is 0 Å². The van der Waals surface area contributed by atoms with Gasteiger partial charge in [-0.25, -0.2) is 4.79 Å². The number of nitrogens with zero attached hydrogens (tertiary/aromatic N) is 2. The van der Waals surface area contributed by atoms with E-state index in [1.165, 1.54) is 0 Å². The molecule has 7 heteroatoms. The average Bonchev–Trinajstić information content (AvgIpc) is 3.56. The van der Waals surface area contributed by atoms with Crippen molar-refractivity contribution in [3.8, 4) is 0 Å². The van der Waals surface area contributed by atoms with E-state index in [2.05, 4.69) is 22.2 Å². The number of hydrogen-bond donors (Lipinski definition) is 2. The summed E-state index contributed by atoms with van der Waals surface area (Å²) < 4.78 is 0. The Hall–Kier alpha value is -2.67. The number of aliphatic hydroxyl groups is 1. The van der Waals surface area contributed by atoms with Crippen LogP contribution in [0.25, 0.3) is 5.57 Å². The van der Waals surface area contributed by atoms with E-state index >= 15 is 0 Å². The Kier molecular flexibility index (Phi) is 5.10. The number of aromatic carboxylic acids is 1. The monoisotopic (exact) mass is 478 g/mol. The lowest BCUT2D eigenvalue weighted by Gasteiger charge is -2.37. The zero-order valence-electron chi connectivity index (χ0n) is 18.8. The molecule has 2 aromatic rings. The molecule has 0 radical (unpaired) electrons. The molecule has 1 saturated carbocycles. The van der Waals surface area contributed by atoms with Gasteiger partial charge >= 0.3 is 5.97 Å². The van der Waals surface area contributed by atoms with E-state index < -0.39 is 11.6 Å². The van der Waals surface area contributed by atoms with Gasteiger partial charge in [-0.3, -0.25) is 4.90 Å². The van der Waals surface area contributed by atoms with Crippen LogP contribution < -0.4 is 0 Å². The fourth-order valence-electron chi connectivity index (χ4n) is 5.70. The van der Waals surface area contributed by atoms with Crippen LogP contribution in [0.15, 0.2) is 53.7 Å². The normalized spacial score (nSPS) is 25.6. The highest BCUT2D eigenvalue weighted by atomic mass is 35.5. The molecule has 176 valence electrons. The van der Waals surface area contributed by atoms with E-state index in [4.69, 9.17) is 21.5 Å². The number of likely N-dealkylation sites (tertiary alicyclic amines) is 1. The summed E-state index contributed by atoms with van der Waals surface area (Å²) in [5.41, 5.74) is 3.94. The fourth-order valence-corrected chi connectivity index (χ4v) is 6.03. The number of hydrogen-bond acceptors (Lipinski definition) is 5. The first-order chi connectivity index (χ1) is 16.4. The largest absolute Gasteiger partial charge is 0.478 e. The molecule has 6 nitrogen and oxygen atoms in total. The smallest absolute Gasteiger partial charge is 0.335 e. The molecule has 1 atom stereocenters. The number of benzene rings is 2. The van der Waals surface area contributed by atoms with Gasteiger partial charge in [0.2, 0.25) is 0 Å². The number of rotatable bonds is 5. The topological polar surface area (TPSA) is 82.4 Å². The molecule has 2 N–H and O–H groups in total. The maximum Gasteiger partial charge on any atom is 0.335 e. The van der Waals surface area contributed by atoms with Gasteiger partial charge < -0.3 is 15.1 Å². The minimum Gasteiger partial charge on any atom is -0.478 e. The third-order valence-corrected chi connectivity index (χ3v) is 8.13. The van der Waals surface area contributed by atoms with Crippen molar-refractivity contribution in [3.05, 3.63) is 75.8 Å². The van der Waals surface area contributed by atoms with Crippen molar-refractivity contribution in [2.75, 3.05) is 19.6 Å². The van der Waals surface area contributed by atoms with Gasteiger partial charge in [-0.2, -0.15) is 0 Å². The Morgan fingerprint density at radius 3 is 2.56 bits per heavy atom. The van der Waals surface area contributed by atoms with Crippen LogP contribution in [-0.2, 0) is 10.4 Å². The summed E-state index contributed by atoms with van der Waals surface area (Å²) >= 11 is 6.54. The van der Waals surface area contributed by atoms with Gasteiger partial charge in [-0.15, -0.1) is 0 Å². The van der Waals surface area contributed by atoms with Crippen molar-refractivity contribution >= 4 is 28.9 Å². The van der Waals surface area contributed by atoms with Gasteiger partial charge in [0.25, 0.3) is 0 Å². The second-order valence-electron chi connectivity index (χ2n) is 10.1. The Morgan fingerprint density at radius 2 is 1.88 bits per heavy atom. The number of carbonyl (C=O) groups is 1. The lowest BCUT2D eigenvalue weighted by molar-refractivity contribution is -0.0595. The SMILES string of the molecule is O=C(O)c1ccc(C2=NOC3(CCN(CC4=CC(O)(C5CC5)c5c(Cl)cccc54)CC3)C2)cc1. The molecule has 2 aliphatic heterocycles. The molecule has 0 bridgehead atoms. The quantitative estimate of drug-likeness (QED) is 0.651. The lowest BCUT2D eigenvalue weighted by Crippen LogP contribution is -2.45. The van der Waals surface area contributed by atoms with Crippen LogP contribution in [0.4, 0.5) is 0 Å². The average molecular weight is 479 g/mol. The van der Waals surface area contributed by atoms with Gasteiger partial charge in [-0.1, -0.05) is 41.0 Å². The first kappa shape index (κ1) is 21.8. The Balaban J connectivity index is 1.12. The third kappa shape index (κ3) is 3.65. The minimum absolute atomic E-state index is 0.264. The summed E-state index contributed by atoms with van der Waals surface area (Å²) in [5.74, 6) is -0.668. The summed E-state index contributed by atoms with van der Waals surface area (Å²) in [5, 5.41) is 25.6. The third-order valence-electron chi connectivity index (χ3n) is 7.82. The number of oxime groups is 1. The van der Waals surface area contributed by atoms with E-state index in [1.54, 1.807) is 24.3 Å². The second kappa shape index (κ2) is 7.94. The molecular weight excluding hydrogens is 452 g/mol. The van der Waals surface area contributed by atoms with Crippen LogP contribution in [0, 0.1) is 5.92 Å². The van der Waals surface area contributed by atoms with E-state index in [0.29, 0.717) is 5.02 Å². The number of carboxylic acids is 1. The predicted molar refractivity (Wildman–Crippen MR) is 130 cm³/mol. The molecule has 0 aromatic heterocycles. The molecule has 2 aromatic carbocycles. The van der Waals surface area contributed by atoms with Crippen molar-refractivity contribution in [2.45, 2.75) is 43.3 Å². The zero-order chi connectivity index (χ0) is 23.5. The highest BCUT2D eigenvalue weighted by Crippen LogP contribution is 2.54. The second-order valence-corrected chi connectivity index (χ2v) is 10.5. The van der Waals surface area contributed by atoms with Crippen LogP contribution in [0.1, 0.15) is 59.2 Å². The molecule has 2 aliphatic carbocycles. The lowest BCUT2D eigenvalue weighted by atomic mass is 9.85. The molecular formula is C27H27ClN2O4. The summed E-state index contributed by atoms with van der Waals surface area (Å²) in [7, 11) is 0. The van der Waals surface area contributed by atoms with Gasteiger partial charge in [-0.05, 0) is 59.7 Å². The van der Waals surface area contributed by atoms with Gasteiger partial charge in [0.15, 0.2) is 0 Å². The summed E-state index contributed by atoms with van der Waals surface area (Å²) in [6.07, 6.45) is 6.60. The molecule has 2 fully saturated rings. The van der Waals surface area contributed by atoms with Gasteiger partial charge in [0, 0.05) is 49.5 Å². The zero-order valence-corrected chi connectivity index (χ0v) is 19.6. The Bertz CT molecular complexity index is 1210. The summed E-state index contributed by atoms with van der Waals surface area (Å²) in [6, 6.07) is 12.7. The maximum atomic E-state index is 11.5. The highest BCUT2D eigenvalue weighted by molar-refractivity contribution is 6.32. The predicted octanol–water partition coefficient (Wildman–Crippen LogP) is 4.69. The molecule has 1 saturated heterocycles. The van der Waals surface area contributed by atoms with Crippen LogP contribution in [0.3, 0.4) is 0 Å². The number of carboxylic acid groups (broad SMARTS) is 1. The van der Waals surface area contributed by atoms with E-state index in [9.17, 15) is 9.90 Å². The Labute approximate surface area is 203 Å².